The number of rotatable bonds is 7. The van der Waals surface area contributed by atoms with Crippen molar-refractivity contribution in [2.75, 3.05) is 37.6 Å². The van der Waals surface area contributed by atoms with Gasteiger partial charge in [0.15, 0.2) is 0 Å². The second-order valence-electron chi connectivity index (χ2n) is 8.46. The minimum absolute atomic E-state index is 0.0180. The summed E-state index contributed by atoms with van der Waals surface area (Å²) in [5, 5.41) is -0.0180. The first-order valence-electron chi connectivity index (χ1n) is 11.1. The first-order valence-corrected chi connectivity index (χ1v) is 12.6. The predicted octanol–water partition coefficient (Wildman–Crippen LogP) is 3.39. The summed E-state index contributed by atoms with van der Waals surface area (Å²) in [6, 6.07) is 11.2. The summed E-state index contributed by atoms with van der Waals surface area (Å²) in [5.41, 5.74) is 2.05. The molecule has 0 spiro atoms. The lowest BCUT2D eigenvalue weighted by molar-refractivity contribution is -0.130. The number of aryl methyl sites for hydroxylation is 1. The smallest absolute Gasteiger partial charge is 0.276 e. The van der Waals surface area contributed by atoms with Gasteiger partial charge in [-0.3, -0.25) is 4.79 Å². The van der Waals surface area contributed by atoms with Crippen LogP contribution in [0.15, 0.2) is 45.9 Å². The van der Waals surface area contributed by atoms with E-state index in [4.69, 9.17) is 4.42 Å². The molecular weight excluding hydrogens is 414 g/mol. The van der Waals surface area contributed by atoms with Crippen LogP contribution in [-0.4, -0.2) is 56.3 Å². The number of nitrogens with zero attached hydrogens (tertiary/aromatic N) is 3. The molecule has 1 aromatic heterocycles. The zero-order valence-electron chi connectivity index (χ0n) is 18.1. The van der Waals surface area contributed by atoms with Gasteiger partial charge in [0.2, 0.25) is 11.0 Å². The second-order valence-corrected chi connectivity index (χ2v) is 10.3. The van der Waals surface area contributed by atoms with E-state index in [1.54, 1.807) is 6.07 Å². The Balaban J connectivity index is 1.52. The fourth-order valence-electron chi connectivity index (χ4n) is 4.23. The Bertz CT molecular complexity index is 988. The van der Waals surface area contributed by atoms with Crippen LogP contribution in [0, 0.1) is 6.92 Å². The molecular formula is C23H31N3O4S. The monoisotopic (exact) mass is 445 g/mol. The van der Waals surface area contributed by atoms with Gasteiger partial charge >= 0.3 is 0 Å². The number of hydrogen-bond donors (Lipinski definition) is 0. The van der Waals surface area contributed by atoms with E-state index in [2.05, 4.69) is 0 Å². The average Bonchev–Trinajstić information content (AvgIpc) is 3.47. The van der Waals surface area contributed by atoms with Gasteiger partial charge in [-0.25, -0.2) is 8.42 Å². The summed E-state index contributed by atoms with van der Waals surface area (Å²) >= 11 is 0. The van der Waals surface area contributed by atoms with Gasteiger partial charge in [-0.15, -0.1) is 0 Å². The number of carbonyl (C=O) groups is 1. The third kappa shape index (κ3) is 5.13. The molecule has 0 saturated carbocycles. The van der Waals surface area contributed by atoms with Crippen LogP contribution in [0.25, 0.3) is 0 Å². The highest BCUT2D eigenvalue weighted by Crippen LogP contribution is 2.25. The van der Waals surface area contributed by atoms with Crippen molar-refractivity contribution in [1.29, 1.82) is 0 Å². The number of piperidine rings is 1. The van der Waals surface area contributed by atoms with Gasteiger partial charge < -0.3 is 14.2 Å². The summed E-state index contributed by atoms with van der Waals surface area (Å²) in [6.07, 6.45) is 5.03. The van der Waals surface area contributed by atoms with Crippen LogP contribution >= 0.6 is 0 Å². The van der Waals surface area contributed by atoms with Crippen molar-refractivity contribution in [3.05, 3.63) is 47.7 Å². The van der Waals surface area contributed by atoms with Gasteiger partial charge in [0.25, 0.3) is 10.0 Å². The number of sulfonamides is 1. The number of amides is 1. The summed E-state index contributed by atoms with van der Waals surface area (Å²) in [5.74, 6) is 0.626. The van der Waals surface area contributed by atoms with Gasteiger partial charge in [-0.05, 0) is 63.3 Å². The maximum absolute atomic E-state index is 12.9. The molecule has 2 fully saturated rings. The van der Waals surface area contributed by atoms with Crippen LogP contribution in [0.4, 0.5) is 5.69 Å². The van der Waals surface area contributed by atoms with Crippen molar-refractivity contribution >= 4 is 21.6 Å². The average molecular weight is 446 g/mol. The van der Waals surface area contributed by atoms with E-state index in [1.807, 2.05) is 41.0 Å². The summed E-state index contributed by atoms with van der Waals surface area (Å²) in [4.78, 5) is 16.8. The molecule has 0 N–H and O–H groups in total. The molecule has 2 aliphatic heterocycles. The lowest BCUT2D eigenvalue weighted by Crippen LogP contribution is -2.42. The van der Waals surface area contributed by atoms with Crippen LogP contribution in [0.3, 0.4) is 0 Å². The van der Waals surface area contributed by atoms with Crippen molar-refractivity contribution in [1.82, 2.24) is 9.21 Å². The largest absolute Gasteiger partial charge is 0.446 e. The third-order valence-electron chi connectivity index (χ3n) is 6.08. The Labute approximate surface area is 184 Å². The molecule has 7 nitrogen and oxygen atoms in total. The molecule has 0 aliphatic carbocycles. The summed E-state index contributed by atoms with van der Waals surface area (Å²) in [6.45, 7) is 5.28. The van der Waals surface area contributed by atoms with Gasteiger partial charge in [-0.2, -0.15) is 4.31 Å². The molecule has 8 heteroatoms. The Hall–Kier alpha value is -2.32. The molecule has 1 amide bonds. The topological polar surface area (TPSA) is 74.1 Å². The van der Waals surface area contributed by atoms with E-state index >= 15 is 0 Å². The summed E-state index contributed by atoms with van der Waals surface area (Å²) in [7, 11) is -3.59. The molecule has 4 rings (SSSR count). The Kier molecular flexibility index (Phi) is 6.67. The molecule has 1 aromatic carbocycles. The minimum atomic E-state index is -3.59. The number of hydrogen-bond acceptors (Lipinski definition) is 5. The number of furan rings is 1. The van der Waals surface area contributed by atoms with Crippen LogP contribution in [-0.2, 0) is 21.4 Å². The van der Waals surface area contributed by atoms with Crippen LogP contribution in [0.1, 0.15) is 43.4 Å². The molecule has 168 valence electrons. The molecule has 2 aromatic rings. The van der Waals surface area contributed by atoms with Crippen LogP contribution in [0.5, 0.6) is 0 Å². The third-order valence-corrected chi connectivity index (χ3v) is 7.85. The molecule has 31 heavy (non-hydrogen) atoms. The fourth-order valence-corrected chi connectivity index (χ4v) is 5.67. The number of likely N-dealkylation sites (tertiary alicyclic amines) is 1. The van der Waals surface area contributed by atoms with Crippen molar-refractivity contribution in [2.24, 2.45) is 0 Å². The number of anilines is 1. The molecule has 2 aliphatic rings. The van der Waals surface area contributed by atoms with Crippen LogP contribution < -0.4 is 4.90 Å². The normalized spacial score (nSPS) is 17.8. The second kappa shape index (κ2) is 9.44. The zero-order valence-corrected chi connectivity index (χ0v) is 18.9. The first-order chi connectivity index (χ1) is 14.9. The van der Waals surface area contributed by atoms with Crippen molar-refractivity contribution in [2.45, 2.75) is 50.7 Å². The van der Waals surface area contributed by atoms with E-state index < -0.39 is 10.0 Å². The zero-order chi connectivity index (χ0) is 21.8. The standard InChI is InChI=1S/C23H31N3O4S/c1-19-7-9-20(10-8-19)25(18-22(27)24-13-3-2-4-14-24)17-21-11-12-23(30-21)31(28,29)26-15-5-6-16-26/h7-12H,2-6,13-18H2,1H3. The highest BCUT2D eigenvalue weighted by atomic mass is 32.2. The summed E-state index contributed by atoms with van der Waals surface area (Å²) < 4.78 is 32.8. The van der Waals surface area contributed by atoms with Gasteiger partial charge in [0.05, 0.1) is 13.1 Å². The quantitative estimate of drug-likeness (QED) is 0.653. The van der Waals surface area contributed by atoms with E-state index in [0.29, 0.717) is 25.4 Å². The highest BCUT2D eigenvalue weighted by molar-refractivity contribution is 7.89. The molecule has 2 saturated heterocycles. The molecule has 0 bridgehead atoms. The number of benzene rings is 1. The van der Waals surface area contributed by atoms with Crippen molar-refractivity contribution in [3.8, 4) is 0 Å². The maximum Gasteiger partial charge on any atom is 0.276 e. The lowest BCUT2D eigenvalue weighted by Gasteiger charge is -2.30. The Morgan fingerprint density at radius 1 is 0.935 bits per heavy atom. The Morgan fingerprint density at radius 3 is 2.26 bits per heavy atom. The highest BCUT2D eigenvalue weighted by Gasteiger charge is 2.30. The van der Waals surface area contributed by atoms with Gasteiger partial charge in [-0.1, -0.05) is 17.7 Å². The van der Waals surface area contributed by atoms with Gasteiger partial charge in [0, 0.05) is 31.9 Å². The first kappa shape index (κ1) is 21.9. The molecule has 3 heterocycles. The molecule has 0 unspecified atom stereocenters. The van der Waals surface area contributed by atoms with Crippen molar-refractivity contribution in [3.63, 3.8) is 0 Å². The molecule has 0 atom stereocenters. The van der Waals surface area contributed by atoms with Gasteiger partial charge in [0.1, 0.15) is 5.76 Å². The van der Waals surface area contributed by atoms with E-state index in [1.165, 1.54) is 16.8 Å². The minimum Gasteiger partial charge on any atom is -0.446 e. The number of carbonyl (C=O) groups excluding carboxylic acids is 1. The SMILES string of the molecule is Cc1ccc(N(CC(=O)N2CCCCC2)Cc2ccc(S(=O)(=O)N3CCCC3)o2)cc1. The van der Waals surface area contributed by atoms with E-state index in [-0.39, 0.29) is 17.5 Å². The fraction of sp³-hybridized carbons (Fsp3) is 0.522. The maximum atomic E-state index is 12.9. The molecule has 0 radical (unpaired) electrons. The van der Waals surface area contributed by atoms with Crippen molar-refractivity contribution < 1.29 is 17.6 Å². The Morgan fingerprint density at radius 2 is 1.58 bits per heavy atom. The lowest BCUT2D eigenvalue weighted by atomic mass is 10.1. The van der Waals surface area contributed by atoms with E-state index in [0.717, 1.165) is 50.0 Å². The van der Waals surface area contributed by atoms with Crippen LogP contribution in [0.2, 0.25) is 0 Å². The van der Waals surface area contributed by atoms with E-state index in [9.17, 15) is 13.2 Å². The predicted molar refractivity (Wildman–Crippen MR) is 119 cm³/mol.